The second-order valence-electron chi connectivity index (χ2n) is 4.47. The fraction of sp³-hybridized carbons (Fsp3) is 0.133. The maximum atomic E-state index is 12.2. The highest BCUT2D eigenvalue weighted by atomic mass is 32.1. The van der Waals surface area contributed by atoms with Crippen LogP contribution in [0.15, 0.2) is 48.8 Å². The summed E-state index contributed by atoms with van der Waals surface area (Å²) in [6.07, 6.45) is 3.25. The Hall–Kier alpha value is -2.27. The van der Waals surface area contributed by atoms with E-state index in [1.807, 2.05) is 24.3 Å². The van der Waals surface area contributed by atoms with Gasteiger partial charge >= 0.3 is 0 Å². The first kappa shape index (κ1) is 12.7. The molecule has 0 unspecified atom stereocenters. The minimum Gasteiger partial charge on any atom is -0.335 e. The Morgan fingerprint density at radius 1 is 1.20 bits per heavy atom. The molecule has 0 spiro atoms. The van der Waals surface area contributed by atoms with Crippen LogP contribution in [0.3, 0.4) is 0 Å². The minimum absolute atomic E-state index is 0.0216. The fourth-order valence-corrected chi connectivity index (χ4v) is 3.00. The normalized spacial score (nSPS) is 10.7. The number of pyridine rings is 1. The number of hydrogen-bond donors (Lipinski definition) is 0. The molecule has 0 aliphatic rings. The number of nitrogens with zero attached hydrogens (tertiary/aromatic N) is 3. The predicted octanol–water partition coefficient (Wildman–Crippen LogP) is 2.96. The number of carbonyl (C=O) groups excluding carboxylic acids is 1. The molecule has 2 heterocycles. The number of carbonyl (C=O) groups is 1. The molecule has 0 bridgehead atoms. The first-order chi connectivity index (χ1) is 9.74. The van der Waals surface area contributed by atoms with Crippen molar-refractivity contribution in [1.29, 1.82) is 0 Å². The van der Waals surface area contributed by atoms with Crippen LogP contribution in [0, 0.1) is 0 Å². The minimum atomic E-state index is -0.0216. The standard InChI is InChI=1S/C15H13N3OS/c1-18(15(19)11-6-8-16-9-7-11)10-14-17-12-4-2-3-5-13(12)20-14/h2-9H,10H2,1H3. The molecule has 100 valence electrons. The summed E-state index contributed by atoms with van der Waals surface area (Å²) in [5, 5.41) is 0.941. The topological polar surface area (TPSA) is 46.1 Å². The fourth-order valence-electron chi connectivity index (χ4n) is 1.98. The van der Waals surface area contributed by atoms with Gasteiger partial charge in [-0.15, -0.1) is 11.3 Å². The zero-order valence-corrected chi connectivity index (χ0v) is 11.8. The highest BCUT2D eigenvalue weighted by molar-refractivity contribution is 7.18. The maximum absolute atomic E-state index is 12.2. The average Bonchev–Trinajstić information content (AvgIpc) is 2.89. The third-order valence-electron chi connectivity index (χ3n) is 2.98. The lowest BCUT2D eigenvalue weighted by atomic mass is 10.2. The van der Waals surface area contributed by atoms with Gasteiger partial charge in [-0.05, 0) is 24.3 Å². The summed E-state index contributed by atoms with van der Waals surface area (Å²) in [5.41, 5.74) is 1.63. The Morgan fingerprint density at radius 2 is 1.95 bits per heavy atom. The van der Waals surface area contributed by atoms with Crippen molar-refractivity contribution in [3.8, 4) is 0 Å². The van der Waals surface area contributed by atoms with Crippen molar-refractivity contribution in [2.45, 2.75) is 6.54 Å². The van der Waals surface area contributed by atoms with Crippen molar-refractivity contribution < 1.29 is 4.79 Å². The van der Waals surface area contributed by atoms with Crippen LogP contribution in [0.5, 0.6) is 0 Å². The molecule has 4 nitrogen and oxygen atoms in total. The van der Waals surface area contributed by atoms with E-state index in [1.165, 1.54) is 0 Å². The van der Waals surface area contributed by atoms with Crippen LogP contribution in [0.2, 0.25) is 0 Å². The van der Waals surface area contributed by atoms with Gasteiger partial charge in [-0.2, -0.15) is 0 Å². The lowest BCUT2D eigenvalue weighted by molar-refractivity contribution is 0.0785. The van der Waals surface area contributed by atoms with E-state index in [4.69, 9.17) is 0 Å². The van der Waals surface area contributed by atoms with Crippen molar-refractivity contribution in [3.05, 3.63) is 59.4 Å². The number of rotatable bonds is 3. The molecule has 5 heteroatoms. The van der Waals surface area contributed by atoms with E-state index in [0.717, 1.165) is 15.2 Å². The van der Waals surface area contributed by atoms with Crippen molar-refractivity contribution in [2.75, 3.05) is 7.05 Å². The van der Waals surface area contributed by atoms with Crippen molar-refractivity contribution in [1.82, 2.24) is 14.9 Å². The van der Waals surface area contributed by atoms with Gasteiger partial charge in [-0.25, -0.2) is 4.98 Å². The molecule has 3 rings (SSSR count). The molecule has 1 amide bonds. The zero-order valence-electron chi connectivity index (χ0n) is 11.0. The molecule has 0 fully saturated rings. The molecule has 0 aliphatic heterocycles. The van der Waals surface area contributed by atoms with Crippen LogP contribution in [-0.4, -0.2) is 27.8 Å². The van der Waals surface area contributed by atoms with Gasteiger partial charge in [0.1, 0.15) is 5.01 Å². The van der Waals surface area contributed by atoms with Gasteiger partial charge in [0, 0.05) is 25.0 Å². The monoisotopic (exact) mass is 283 g/mol. The second kappa shape index (κ2) is 5.38. The van der Waals surface area contributed by atoms with E-state index in [-0.39, 0.29) is 5.91 Å². The number of benzene rings is 1. The van der Waals surface area contributed by atoms with E-state index < -0.39 is 0 Å². The van der Waals surface area contributed by atoms with Gasteiger partial charge < -0.3 is 4.90 Å². The molecule has 2 aromatic heterocycles. The quantitative estimate of drug-likeness (QED) is 0.742. The number of aromatic nitrogens is 2. The van der Waals surface area contributed by atoms with Crippen LogP contribution >= 0.6 is 11.3 Å². The molecule has 3 aromatic rings. The molecule has 1 aromatic carbocycles. The summed E-state index contributed by atoms with van der Waals surface area (Å²) in [4.78, 5) is 22.4. The van der Waals surface area contributed by atoms with Crippen LogP contribution in [0.4, 0.5) is 0 Å². The lowest BCUT2D eigenvalue weighted by Crippen LogP contribution is -2.26. The molecule has 0 aliphatic carbocycles. The maximum Gasteiger partial charge on any atom is 0.254 e. The highest BCUT2D eigenvalue weighted by Gasteiger charge is 2.13. The summed E-state index contributed by atoms with van der Waals surface area (Å²) in [5.74, 6) is -0.0216. The number of hydrogen-bond acceptors (Lipinski definition) is 4. The summed E-state index contributed by atoms with van der Waals surface area (Å²) in [6.45, 7) is 0.514. The van der Waals surface area contributed by atoms with Crippen molar-refractivity contribution in [2.24, 2.45) is 0 Å². The summed E-state index contributed by atoms with van der Waals surface area (Å²) < 4.78 is 1.15. The Bertz CT molecular complexity index is 706. The Morgan fingerprint density at radius 3 is 2.70 bits per heavy atom. The summed E-state index contributed by atoms with van der Waals surface area (Å²) in [6, 6.07) is 11.4. The van der Waals surface area contributed by atoms with Gasteiger partial charge in [0.15, 0.2) is 0 Å². The van der Waals surface area contributed by atoms with Crippen molar-refractivity contribution >= 4 is 27.5 Å². The van der Waals surface area contributed by atoms with E-state index in [2.05, 4.69) is 9.97 Å². The molecule has 0 N–H and O–H groups in total. The third kappa shape index (κ3) is 2.53. The smallest absolute Gasteiger partial charge is 0.254 e. The van der Waals surface area contributed by atoms with Crippen LogP contribution < -0.4 is 0 Å². The van der Waals surface area contributed by atoms with Gasteiger partial charge in [-0.3, -0.25) is 9.78 Å². The first-order valence-electron chi connectivity index (χ1n) is 6.24. The average molecular weight is 283 g/mol. The molecule has 0 atom stereocenters. The Kier molecular flexibility index (Phi) is 3.43. The molecule has 20 heavy (non-hydrogen) atoms. The molecule has 0 saturated heterocycles. The molecule has 0 radical (unpaired) electrons. The van der Waals surface area contributed by atoms with Crippen LogP contribution in [-0.2, 0) is 6.54 Å². The Balaban J connectivity index is 1.78. The summed E-state index contributed by atoms with van der Waals surface area (Å²) in [7, 11) is 1.79. The second-order valence-corrected chi connectivity index (χ2v) is 5.59. The van der Waals surface area contributed by atoms with E-state index >= 15 is 0 Å². The lowest BCUT2D eigenvalue weighted by Gasteiger charge is -2.15. The zero-order chi connectivity index (χ0) is 13.9. The van der Waals surface area contributed by atoms with Gasteiger partial charge in [0.05, 0.1) is 16.8 Å². The highest BCUT2D eigenvalue weighted by Crippen LogP contribution is 2.22. The van der Waals surface area contributed by atoms with Crippen LogP contribution in [0.1, 0.15) is 15.4 Å². The van der Waals surface area contributed by atoms with Crippen molar-refractivity contribution in [3.63, 3.8) is 0 Å². The molecule has 0 saturated carbocycles. The van der Waals surface area contributed by atoms with Gasteiger partial charge in [0.2, 0.25) is 0 Å². The van der Waals surface area contributed by atoms with Crippen LogP contribution in [0.25, 0.3) is 10.2 Å². The van der Waals surface area contributed by atoms with E-state index in [0.29, 0.717) is 12.1 Å². The summed E-state index contributed by atoms with van der Waals surface area (Å²) >= 11 is 1.62. The number of thiazole rings is 1. The van der Waals surface area contributed by atoms with Gasteiger partial charge in [-0.1, -0.05) is 12.1 Å². The first-order valence-corrected chi connectivity index (χ1v) is 7.05. The van der Waals surface area contributed by atoms with E-state index in [9.17, 15) is 4.79 Å². The third-order valence-corrected chi connectivity index (χ3v) is 4.01. The van der Waals surface area contributed by atoms with E-state index in [1.54, 1.807) is 47.8 Å². The Labute approximate surface area is 120 Å². The number of para-hydroxylation sites is 1. The number of fused-ring (bicyclic) bond motifs is 1. The van der Waals surface area contributed by atoms with Gasteiger partial charge in [0.25, 0.3) is 5.91 Å². The molecular formula is C15H13N3OS. The molecular weight excluding hydrogens is 270 g/mol. The number of amides is 1. The largest absolute Gasteiger partial charge is 0.335 e. The predicted molar refractivity (Wildman–Crippen MR) is 79.7 cm³/mol. The SMILES string of the molecule is CN(Cc1nc2ccccc2s1)C(=O)c1ccncc1.